The molecule has 0 radical (unpaired) electrons. The molecule has 1 unspecified atom stereocenters. The predicted octanol–water partition coefficient (Wildman–Crippen LogP) is 1.60. The summed E-state index contributed by atoms with van der Waals surface area (Å²) in [6, 6.07) is 2.47. The van der Waals surface area contributed by atoms with Crippen molar-refractivity contribution in [3.63, 3.8) is 0 Å². The van der Waals surface area contributed by atoms with Crippen LogP contribution in [0.25, 0.3) is 0 Å². The molecule has 4 heteroatoms. The molecule has 1 aromatic heterocycles. The number of guanidine groups is 1. The molecule has 3 nitrogen and oxygen atoms in total. The Hall–Kier alpha value is -1.03. The van der Waals surface area contributed by atoms with Crippen LogP contribution in [-0.2, 0) is 6.42 Å². The van der Waals surface area contributed by atoms with Crippen molar-refractivity contribution < 1.29 is 0 Å². The second kappa shape index (κ2) is 5.65. The van der Waals surface area contributed by atoms with Crippen molar-refractivity contribution >= 4 is 17.3 Å². The summed E-state index contributed by atoms with van der Waals surface area (Å²) in [5, 5.41) is 7.40. The molecular weight excluding hydrogens is 194 g/mol. The Morgan fingerprint density at radius 2 is 2.50 bits per heavy atom. The van der Waals surface area contributed by atoms with E-state index in [1.807, 2.05) is 6.92 Å². The first-order chi connectivity index (χ1) is 6.72. The van der Waals surface area contributed by atoms with Crippen LogP contribution in [0.4, 0.5) is 0 Å². The molecule has 3 N–H and O–H groups in total. The normalized spacial score (nSPS) is 14.0. The average Bonchev–Trinajstić information content (AvgIpc) is 2.56. The van der Waals surface area contributed by atoms with Crippen LogP contribution in [0.2, 0.25) is 0 Å². The van der Waals surface area contributed by atoms with Crippen molar-refractivity contribution in [2.75, 3.05) is 6.54 Å². The third-order valence-electron chi connectivity index (χ3n) is 1.84. The van der Waals surface area contributed by atoms with E-state index >= 15 is 0 Å². The van der Waals surface area contributed by atoms with Crippen molar-refractivity contribution in [3.8, 4) is 0 Å². The molecule has 0 bridgehead atoms. The maximum Gasteiger partial charge on any atom is 0.188 e. The highest BCUT2D eigenvalue weighted by Gasteiger charge is 2.03. The first-order valence-corrected chi connectivity index (χ1v) is 5.74. The van der Waals surface area contributed by atoms with Crippen molar-refractivity contribution in [3.05, 3.63) is 22.4 Å². The monoisotopic (exact) mass is 211 g/mol. The minimum absolute atomic E-state index is 0.333. The lowest BCUT2D eigenvalue weighted by Crippen LogP contribution is -2.39. The van der Waals surface area contributed by atoms with Gasteiger partial charge in [0, 0.05) is 12.6 Å². The van der Waals surface area contributed by atoms with Gasteiger partial charge in [0.2, 0.25) is 0 Å². The molecule has 1 heterocycles. The summed E-state index contributed by atoms with van der Waals surface area (Å²) in [4.78, 5) is 4.08. The number of hydrogen-bond acceptors (Lipinski definition) is 2. The van der Waals surface area contributed by atoms with E-state index in [-0.39, 0.29) is 0 Å². The van der Waals surface area contributed by atoms with Gasteiger partial charge in [-0.05, 0) is 42.7 Å². The maximum atomic E-state index is 5.66. The van der Waals surface area contributed by atoms with Crippen molar-refractivity contribution in [2.45, 2.75) is 26.3 Å². The summed E-state index contributed by atoms with van der Waals surface area (Å²) in [5.41, 5.74) is 7.00. The van der Waals surface area contributed by atoms with Gasteiger partial charge < -0.3 is 11.1 Å². The lowest BCUT2D eigenvalue weighted by molar-refractivity contribution is 0.656. The predicted molar refractivity (Wildman–Crippen MR) is 62.8 cm³/mol. The fraction of sp³-hybridized carbons (Fsp3) is 0.500. The first-order valence-electron chi connectivity index (χ1n) is 4.80. The lowest BCUT2D eigenvalue weighted by atomic mass is 10.1. The van der Waals surface area contributed by atoms with E-state index in [4.69, 9.17) is 5.73 Å². The van der Waals surface area contributed by atoms with Crippen LogP contribution in [0.3, 0.4) is 0 Å². The third-order valence-corrected chi connectivity index (χ3v) is 2.58. The first kappa shape index (κ1) is 11.0. The van der Waals surface area contributed by atoms with Gasteiger partial charge in [-0.3, -0.25) is 4.99 Å². The van der Waals surface area contributed by atoms with E-state index in [1.54, 1.807) is 11.3 Å². The van der Waals surface area contributed by atoms with Gasteiger partial charge >= 0.3 is 0 Å². The maximum absolute atomic E-state index is 5.66. The zero-order valence-electron chi connectivity index (χ0n) is 8.66. The molecule has 0 aliphatic heterocycles. The number of rotatable bonds is 4. The van der Waals surface area contributed by atoms with Gasteiger partial charge in [-0.1, -0.05) is 0 Å². The largest absolute Gasteiger partial charge is 0.370 e. The average molecular weight is 211 g/mol. The smallest absolute Gasteiger partial charge is 0.188 e. The Kier molecular flexibility index (Phi) is 4.46. The Labute approximate surface area is 89.0 Å². The lowest BCUT2D eigenvalue weighted by Gasteiger charge is -2.13. The van der Waals surface area contributed by atoms with E-state index in [2.05, 4.69) is 34.1 Å². The molecule has 78 valence electrons. The molecule has 1 rings (SSSR count). The molecule has 0 aliphatic rings. The summed E-state index contributed by atoms with van der Waals surface area (Å²) >= 11 is 1.72. The Morgan fingerprint density at radius 1 is 1.71 bits per heavy atom. The molecule has 14 heavy (non-hydrogen) atoms. The van der Waals surface area contributed by atoms with Gasteiger partial charge in [-0.15, -0.1) is 0 Å². The SMILES string of the molecule is CCN=C(N)NC(C)Cc1ccsc1. The number of nitrogens with two attached hydrogens (primary N) is 1. The minimum atomic E-state index is 0.333. The molecule has 1 aromatic rings. The van der Waals surface area contributed by atoms with Crippen molar-refractivity contribution in [1.82, 2.24) is 5.32 Å². The van der Waals surface area contributed by atoms with E-state index < -0.39 is 0 Å². The summed E-state index contributed by atoms with van der Waals surface area (Å²) in [6.07, 6.45) is 0.990. The van der Waals surface area contributed by atoms with Crippen LogP contribution < -0.4 is 11.1 Å². The van der Waals surface area contributed by atoms with E-state index in [0.29, 0.717) is 12.0 Å². The summed E-state index contributed by atoms with van der Waals surface area (Å²) in [5.74, 6) is 0.537. The zero-order chi connectivity index (χ0) is 10.4. The summed E-state index contributed by atoms with van der Waals surface area (Å²) < 4.78 is 0. The van der Waals surface area contributed by atoms with Gasteiger partial charge in [-0.25, -0.2) is 0 Å². The molecule has 0 fully saturated rings. The molecular formula is C10H17N3S. The van der Waals surface area contributed by atoms with E-state index in [0.717, 1.165) is 13.0 Å². The van der Waals surface area contributed by atoms with Crippen molar-refractivity contribution in [2.24, 2.45) is 10.7 Å². The van der Waals surface area contributed by atoms with Gasteiger partial charge in [-0.2, -0.15) is 11.3 Å². The number of thiophene rings is 1. The minimum Gasteiger partial charge on any atom is -0.370 e. The third kappa shape index (κ3) is 3.79. The number of hydrogen-bond donors (Lipinski definition) is 2. The number of nitrogens with zero attached hydrogens (tertiary/aromatic N) is 1. The number of aliphatic imine (C=N–C) groups is 1. The van der Waals surface area contributed by atoms with Gasteiger partial charge in [0.25, 0.3) is 0 Å². The Balaban J connectivity index is 2.36. The standard InChI is InChI=1S/C10H17N3S/c1-3-12-10(11)13-8(2)6-9-4-5-14-7-9/h4-5,7-8H,3,6H2,1-2H3,(H3,11,12,13). The number of nitrogens with one attached hydrogen (secondary N) is 1. The second-order valence-corrected chi connectivity index (χ2v) is 4.02. The topological polar surface area (TPSA) is 50.4 Å². The molecule has 0 aliphatic carbocycles. The summed E-state index contributed by atoms with van der Waals surface area (Å²) in [7, 11) is 0. The van der Waals surface area contributed by atoms with Crippen LogP contribution in [-0.4, -0.2) is 18.5 Å². The van der Waals surface area contributed by atoms with Crippen LogP contribution >= 0.6 is 11.3 Å². The molecule has 0 saturated heterocycles. The quantitative estimate of drug-likeness (QED) is 0.587. The fourth-order valence-electron chi connectivity index (χ4n) is 1.28. The van der Waals surface area contributed by atoms with Crippen LogP contribution in [0.15, 0.2) is 21.8 Å². The molecule has 0 aromatic carbocycles. The van der Waals surface area contributed by atoms with E-state index in [9.17, 15) is 0 Å². The van der Waals surface area contributed by atoms with Crippen LogP contribution in [0.1, 0.15) is 19.4 Å². The van der Waals surface area contributed by atoms with Gasteiger partial charge in [0.15, 0.2) is 5.96 Å². The molecule has 1 atom stereocenters. The van der Waals surface area contributed by atoms with E-state index in [1.165, 1.54) is 5.56 Å². The van der Waals surface area contributed by atoms with Crippen molar-refractivity contribution in [1.29, 1.82) is 0 Å². The molecule has 0 saturated carbocycles. The second-order valence-electron chi connectivity index (χ2n) is 3.24. The molecule has 0 amide bonds. The zero-order valence-corrected chi connectivity index (χ0v) is 9.47. The Bertz CT molecular complexity index is 280. The van der Waals surface area contributed by atoms with Gasteiger partial charge in [0.05, 0.1) is 0 Å². The molecule has 0 spiro atoms. The Morgan fingerprint density at radius 3 is 3.07 bits per heavy atom. The van der Waals surface area contributed by atoms with Gasteiger partial charge in [0.1, 0.15) is 0 Å². The highest BCUT2D eigenvalue weighted by Crippen LogP contribution is 2.08. The highest BCUT2D eigenvalue weighted by atomic mass is 32.1. The summed E-state index contributed by atoms with van der Waals surface area (Å²) in [6.45, 7) is 4.80. The van der Waals surface area contributed by atoms with Crippen LogP contribution in [0.5, 0.6) is 0 Å². The highest BCUT2D eigenvalue weighted by molar-refractivity contribution is 7.07. The van der Waals surface area contributed by atoms with Crippen LogP contribution in [0, 0.1) is 0 Å². The fourth-order valence-corrected chi connectivity index (χ4v) is 1.96.